The molecule has 96 valence electrons. The Kier molecular flexibility index (Phi) is 4.14. The number of nitrogens with two attached hydrogens (primary N) is 1. The fourth-order valence-electron chi connectivity index (χ4n) is 1.45. The van der Waals surface area contributed by atoms with Gasteiger partial charge in [-0.1, -0.05) is 38.1 Å². The molecule has 0 amide bonds. The van der Waals surface area contributed by atoms with Gasteiger partial charge in [0.2, 0.25) is 0 Å². The molecular formula is C12H15F4N. The van der Waals surface area contributed by atoms with Crippen LogP contribution in [-0.2, 0) is 0 Å². The highest BCUT2D eigenvalue weighted by Crippen LogP contribution is 2.35. The lowest BCUT2D eigenvalue weighted by Gasteiger charge is -2.23. The maximum absolute atomic E-state index is 13.0. The molecule has 0 bridgehead atoms. The van der Waals surface area contributed by atoms with E-state index in [9.17, 15) is 17.6 Å². The molecule has 0 heterocycles. The highest BCUT2D eigenvalue weighted by atomic mass is 19.3. The first-order chi connectivity index (χ1) is 7.76. The van der Waals surface area contributed by atoms with Gasteiger partial charge in [-0.25, -0.2) is 8.78 Å². The zero-order valence-electron chi connectivity index (χ0n) is 9.63. The minimum atomic E-state index is -4.21. The standard InChI is InChI=1S/C12H15F4N/c1-7(2)8-3-5-9(6-4-8)10(17)12(15,16)11(13)14/h3-7,10-11H,17H2,1-2H3. The average molecular weight is 249 g/mol. The first-order valence-electron chi connectivity index (χ1n) is 5.28. The average Bonchev–Trinajstić information content (AvgIpc) is 2.27. The predicted octanol–water partition coefficient (Wildman–Crippen LogP) is 3.71. The molecule has 0 aliphatic rings. The van der Waals surface area contributed by atoms with Crippen molar-refractivity contribution in [2.45, 2.75) is 38.2 Å². The highest BCUT2D eigenvalue weighted by Gasteiger charge is 2.47. The van der Waals surface area contributed by atoms with Crippen LogP contribution in [0.3, 0.4) is 0 Å². The maximum Gasteiger partial charge on any atom is 0.326 e. The van der Waals surface area contributed by atoms with Crippen LogP contribution in [0.25, 0.3) is 0 Å². The molecule has 1 atom stereocenters. The van der Waals surface area contributed by atoms with Crippen LogP contribution in [-0.4, -0.2) is 12.3 Å². The topological polar surface area (TPSA) is 26.0 Å². The molecule has 1 aromatic carbocycles. The number of halogens is 4. The van der Waals surface area contributed by atoms with E-state index in [1.807, 2.05) is 13.8 Å². The van der Waals surface area contributed by atoms with Crippen molar-refractivity contribution in [1.82, 2.24) is 0 Å². The number of hydrogen-bond donors (Lipinski definition) is 1. The summed E-state index contributed by atoms with van der Waals surface area (Å²) in [7, 11) is 0. The van der Waals surface area contributed by atoms with Crippen molar-refractivity contribution in [3.05, 3.63) is 35.4 Å². The first-order valence-corrected chi connectivity index (χ1v) is 5.28. The van der Waals surface area contributed by atoms with Crippen molar-refractivity contribution in [2.75, 3.05) is 0 Å². The minimum Gasteiger partial charge on any atom is -0.319 e. The van der Waals surface area contributed by atoms with E-state index >= 15 is 0 Å². The van der Waals surface area contributed by atoms with E-state index in [0.717, 1.165) is 5.56 Å². The zero-order valence-corrected chi connectivity index (χ0v) is 9.63. The number of benzene rings is 1. The summed E-state index contributed by atoms with van der Waals surface area (Å²) in [6.07, 6.45) is -3.76. The summed E-state index contributed by atoms with van der Waals surface area (Å²) in [4.78, 5) is 0. The van der Waals surface area contributed by atoms with E-state index in [-0.39, 0.29) is 11.5 Å². The summed E-state index contributed by atoms with van der Waals surface area (Å²) in [5.74, 6) is -3.96. The Hall–Kier alpha value is -1.10. The van der Waals surface area contributed by atoms with Gasteiger partial charge in [0.1, 0.15) is 6.04 Å². The van der Waals surface area contributed by atoms with Gasteiger partial charge in [-0.2, -0.15) is 8.78 Å². The van der Waals surface area contributed by atoms with Crippen LogP contribution < -0.4 is 5.73 Å². The Morgan fingerprint density at radius 3 is 1.76 bits per heavy atom. The number of alkyl halides is 4. The van der Waals surface area contributed by atoms with Gasteiger partial charge in [0.15, 0.2) is 0 Å². The van der Waals surface area contributed by atoms with E-state index in [1.165, 1.54) is 12.1 Å². The maximum atomic E-state index is 13.0. The van der Waals surface area contributed by atoms with Gasteiger partial charge in [0.25, 0.3) is 0 Å². The van der Waals surface area contributed by atoms with Gasteiger partial charge in [0, 0.05) is 0 Å². The molecule has 1 rings (SSSR count). The molecule has 0 aliphatic carbocycles. The third-order valence-corrected chi connectivity index (χ3v) is 2.67. The van der Waals surface area contributed by atoms with Gasteiger partial charge in [-0.15, -0.1) is 0 Å². The van der Waals surface area contributed by atoms with Crippen molar-refractivity contribution >= 4 is 0 Å². The van der Waals surface area contributed by atoms with E-state index in [2.05, 4.69) is 0 Å². The summed E-state index contributed by atoms with van der Waals surface area (Å²) >= 11 is 0. The van der Waals surface area contributed by atoms with Gasteiger partial charge in [-0.05, 0) is 17.0 Å². The summed E-state index contributed by atoms with van der Waals surface area (Å²) in [6.45, 7) is 3.89. The van der Waals surface area contributed by atoms with E-state index in [4.69, 9.17) is 5.73 Å². The molecule has 0 aliphatic heterocycles. The number of rotatable bonds is 4. The Morgan fingerprint density at radius 2 is 1.41 bits per heavy atom. The molecule has 0 spiro atoms. The lowest BCUT2D eigenvalue weighted by Crippen LogP contribution is -2.39. The van der Waals surface area contributed by atoms with Crippen LogP contribution in [0.2, 0.25) is 0 Å². The SMILES string of the molecule is CC(C)c1ccc(C(N)C(F)(F)C(F)F)cc1. The molecular weight excluding hydrogens is 234 g/mol. The van der Waals surface area contributed by atoms with E-state index < -0.39 is 18.4 Å². The van der Waals surface area contributed by atoms with Crippen LogP contribution in [0.1, 0.15) is 36.9 Å². The zero-order chi connectivity index (χ0) is 13.2. The quantitative estimate of drug-likeness (QED) is 0.809. The van der Waals surface area contributed by atoms with E-state index in [1.54, 1.807) is 12.1 Å². The smallest absolute Gasteiger partial charge is 0.319 e. The number of hydrogen-bond acceptors (Lipinski definition) is 1. The second-order valence-corrected chi connectivity index (χ2v) is 4.27. The predicted molar refractivity (Wildman–Crippen MR) is 58.4 cm³/mol. The Labute approximate surface area is 97.6 Å². The van der Waals surface area contributed by atoms with Crippen molar-refractivity contribution in [1.29, 1.82) is 0 Å². The summed E-state index contributed by atoms with van der Waals surface area (Å²) < 4.78 is 50.3. The minimum absolute atomic E-state index is 0.0136. The van der Waals surface area contributed by atoms with Crippen molar-refractivity contribution < 1.29 is 17.6 Å². The second kappa shape index (κ2) is 5.04. The van der Waals surface area contributed by atoms with Gasteiger partial charge >= 0.3 is 12.3 Å². The lowest BCUT2D eigenvalue weighted by atomic mass is 9.97. The monoisotopic (exact) mass is 249 g/mol. The lowest BCUT2D eigenvalue weighted by molar-refractivity contribution is -0.144. The molecule has 0 aromatic heterocycles. The molecule has 0 saturated carbocycles. The summed E-state index contributed by atoms with van der Waals surface area (Å²) in [5, 5.41) is 0. The molecule has 17 heavy (non-hydrogen) atoms. The van der Waals surface area contributed by atoms with Crippen LogP contribution in [0.15, 0.2) is 24.3 Å². The molecule has 0 fully saturated rings. The van der Waals surface area contributed by atoms with Crippen LogP contribution in [0, 0.1) is 0 Å². The molecule has 1 nitrogen and oxygen atoms in total. The normalized spacial score (nSPS) is 14.4. The highest BCUT2D eigenvalue weighted by molar-refractivity contribution is 5.28. The summed E-state index contributed by atoms with van der Waals surface area (Å²) in [5.41, 5.74) is 6.13. The van der Waals surface area contributed by atoms with Crippen molar-refractivity contribution in [3.8, 4) is 0 Å². The third-order valence-electron chi connectivity index (χ3n) is 2.67. The van der Waals surface area contributed by atoms with Crippen LogP contribution in [0.4, 0.5) is 17.6 Å². The first kappa shape index (κ1) is 14.0. The third kappa shape index (κ3) is 2.97. The van der Waals surface area contributed by atoms with Gasteiger partial charge < -0.3 is 5.73 Å². The van der Waals surface area contributed by atoms with Crippen LogP contribution in [0.5, 0.6) is 0 Å². The molecule has 1 aromatic rings. The van der Waals surface area contributed by atoms with Crippen LogP contribution >= 0.6 is 0 Å². The molecule has 2 N–H and O–H groups in total. The molecule has 0 saturated heterocycles. The largest absolute Gasteiger partial charge is 0.326 e. The van der Waals surface area contributed by atoms with Gasteiger partial charge in [0.05, 0.1) is 0 Å². The summed E-state index contributed by atoms with van der Waals surface area (Å²) in [6, 6.07) is 4.01. The van der Waals surface area contributed by atoms with Gasteiger partial charge in [-0.3, -0.25) is 0 Å². The Bertz CT molecular complexity index is 359. The molecule has 5 heteroatoms. The molecule has 0 radical (unpaired) electrons. The Balaban J connectivity index is 2.94. The van der Waals surface area contributed by atoms with Crippen molar-refractivity contribution in [3.63, 3.8) is 0 Å². The Morgan fingerprint density at radius 1 is 1.00 bits per heavy atom. The van der Waals surface area contributed by atoms with E-state index in [0.29, 0.717) is 0 Å². The fourth-order valence-corrected chi connectivity index (χ4v) is 1.45. The molecule has 1 unspecified atom stereocenters. The van der Waals surface area contributed by atoms with Crippen molar-refractivity contribution in [2.24, 2.45) is 5.73 Å². The second-order valence-electron chi connectivity index (χ2n) is 4.27. The fraction of sp³-hybridized carbons (Fsp3) is 0.500.